The molecule has 186 valence electrons. The number of esters is 2. The Balaban J connectivity index is 1.65. The summed E-state index contributed by atoms with van der Waals surface area (Å²) >= 11 is 0. The molecule has 0 aliphatic heterocycles. The average Bonchev–Trinajstić information content (AvgIpc) is 3.11. The fourth-order valence-electron chi connectivity index (χ4n) is 9.06. The van der Waals surface area contributed by atoms with Crippen LogP contribution in [0.1, 0.15) is 92.4 Å². The van der Waals surface area contributed by atoms with Crippen LogP contribution in [0.4, 0.5) is 0 Å². The van der Waals surface area contributed by atoms with E-state index in [2.05, 4.69) is 27.7 Å². The number of ether oxygens (including phenoxy) is 2. The van der Waals surface area contributed by atoms with Crippen LogP contribution in [0.25, 0.3) is 0 Å². The smallest absolute Gasteiger partial charge is 0.305 e. The minimum atomic E-state index is -0.389. The SMILES string of the molecule is COC(=O)CC[C@@H](C)[C@H]1CC[C@H]2[C@@H]3[C@H](OC(C)=O)C[C@@H]4C[C@H](C)CC[C@]4(C)[C@H]3CC(=O)[C@]12C. The monoisotopic (exact) mass is 460 g/mol. The molecule has 0 aromatic rings. The summed E-state index contributed by atoms with van der Waals surface area (Å²) in [4.78, 5) is 37.9. The zero-order valence-corrected chi connectivity index (χ0v) is 21.5. The lowest BCUT2D eigenvalue weighted by Gasteiger charge is -2.62. The molecule has 0 N–H and O–H groups in total. The summed E-state index contributed by atoms with van der Waals surface area (Å²) < 4.78 is 10.9. The molecule has 4 aliphatic rings. The maximum absolute atomic E-state index is 14.0. The van der Waals surface area contributed by atoms with Crippen LogP contribution in [0, 0.1) is 52.3 Å². The van der Waals surface area contributed by atoms with Crippen LogP contribution in [0.2, 0.25) is 0 Å². The van der Waals surface area contributed by atoms with Crippen molar-refractivity contribution in [2.75, 3.05) is 7.11 Å². The first kappa shape index (κ1) is 24.7. The molecular weight excluding hydrogens is 416 g/mol. The van der Waals surface area contributed by atoms with Gasteiger partial charge in [0, 0.05) is 31.1 Å². The molecule has 0 unspecified atom stereocenters. The van der Waals surface area contributed by atoms with E-state index in [0.29, 0.717) is 36.4 Å². The van der Waals surface area contributed by atoms with Crippen molar-refractivity contribution in [3.63, 3.8) is 0 Å². The van der Waals surface area contributed by atoms with Crippen LogP contribution >= 0.6 is 0 Å². The molecule has 0 spiro atoms. The van der Waals surface area contributed by atoms with Crippen LogP contribution < -0.4 is 0 Å². The number of fused-ring (bicyclic) bond motifs is 5. The molecule has 0 bridgehead atoms. The van der Waals surface area contributed by atoms with E-state index in [1.807, 2.05) is 0 Å². The third kappa shape index (κ3) is 4.05. The molecule has 0 radical (unpaired) electrons. The van der Waals surface area contributed by atoms with Gasteiger partial charge in [0.05, 0.1) is 7.11 Å². The van der Waals surface area contributed by atoms with Gasteiger partial charge in [0.2, 0.25) is 0 Å². The van der Waals surface area contributed by atoms with E-state index < -0.39 is 0 Å². The third-order valence-electron chi connectivity index (χ3n) is 10.9. The molecule has 10 atom stereocenters. The minimum Gasteiger partial charge on any atom is -0.469 e. The first-order valence-electron chi connectivity index (χ1n) is 13.3. The van der Waals surface area contributed by atoms with E-state index in [9.17, 15) is 14.4 Å². The van der Waals surface area contributed by atoms with Crippen LogP contribution in [0.15, 0.2) is 0 Å². The van der Waals surface area contributed by atoms with Gasteiger partial charge in [-0.2, -0.15) is 0 Å². The summed E-state index contributed by atoms with van der Waals surface area (Å²) in [6.45, 7) is 10.7. The fourth-order valence-corrected chi connectivity index (χ4v) is 9.06. The zero-order chi connectivity index (χ0) is 24.1. The Bertz CT molecular complexity index is 791. The Kier molecular flexibility index (Phi) is 6.74. The maximum Gasteiger partial charge on any atom is 0.305 e. The van der Waals surface area contributed by atoms with Gasteiger partial charge in [0.25, 0.3) is 0 Å². The van der Waals surface area contributed by atoms with E-state index in [-0.39, 0.29) is 52.5 Å². The van der Waals surface area contributed by atoms with Crippen molar-refractivity contribution >= 4 is 17.7 Å². The van der Waals surface area contributed by atoms with Crippen molar-refractivity contribution in [3.8, 4) is 0 Å². The first-order chi connectivity index (χ1) is 15.5. The van der Waals surface area contributed by atoms with Gasteiger partial charge in [-0.05, 0) is 79.4 Å². The molecule has 4 saturated carbocycles. The highest BCUT2D eigenvalue weighted by molar-refractivity contribution is 5.87. The van der Waals surface area contributed by atoms with Gasteiger partial charge >= 0.3 is 11.9 Å². The average molecular weight is 461 g/mol. The summed E-state index contributed by atoms with van der Waals surface area (Å²) in [6, 6.07) is 0. The van der Waals surface area contributed by atoms with Gasteiger partial charge in [-0.15, -0.1) is 0 Å². The van der Waals surface area contributed by atoms with Crippen molar-refractivity contribution in [1.82, 2.24) is 0 Å². The second-order valence-corrected chi connectivity index (χ2v) is 12.4. The van der Waals surface area contributed by atoms with Crippen molar-refractivity contribution in [2.45, 2.75) is 98.5 Å². The maximum atomic E-state index is 14.0. The van der Waals surface area contributed by atoms with Crippen molar-refractivity contribution in [3.05, 3.63) is 0 Å². The first-order valence-corrected chi connectivity index (χ1v) is 13.3. The lowest BCUT2D eigenvalue weighted by Crippen LogP contribution is -2.61. The van der Waals surface area contributed by atoms with Crippen molar-refractivity contribution < 1.29 is 23.9 Å². The van der Waals surface area contributed by atoms with Gasteiger partial charge in [-0.3, -0.25) is 14.4 Å². The summed E-state index contributed by atoms with van der Waals surface area (Å²) in [6.07, 6.45) is 8.30. The van der Waals surface area contributed by atoms with Crippen LogP contribution in [-0.4, -0.2) is 30.9 Å². The van der Waals surface area contributed by atoms with E-state index in [4.69, 9.17) is 9.47 Å². The van der Waals surface area contributed by atoms with Gasteiger partial charge in [-0.25, -0.2) is 0 Å². The van der Waals surface area contributed by atoms with Gasteiger partial charge in [0.1, 0.15) is 11.9 Å². The standard InChI is InChI=1S/C28H44O5/c1-16-11-12-27(4)19(13-16)14-23(33-18(3)29)26-21-9-8-20(17(2)7-10-25(31)32-6)28(21,5)24(30)15-22(26)27/h16-17,19-23,26H,7-15H2,1-6H3/t16-,17-,19+,20-,21+,22+,23-,26+,27+,28-/m1/s1. The number of carbonyl (C=O) groups is 3. The Hall–Kier alpha value is -1.39. The second-order valence-electron chi connectivity index (χ2n) is 12.4. The third-order valence-corrected chi connectivity index (χ3v) is 10.9. The van der Waals surface area contributed by atoms with Gasteiger partial charge < -0.3 is 9.47 Å². The molecule has 5 heteroatoms. The molecule has 4 rings (SSSR count). The number of hydrogen-bond acceptors (Lipinski definition) is 5. The Labute approximate surface area is 199 Å². The molecule has 4 fully saturated rings. The van der Waals surface area contributed by atoms with Gasteiger partial charge in [-0.1, -0.05) is 34.1 Å². The zero-order valence-electron chi connectivity index (χ0n) is 21.5. The normalized spacial score (nSPS) is 45.4. The molecular formula is C28H44O5. The topological polar surface area (TPSA) is 69.7 Å². The molecule has 0 aromatic heterocycles. The van der Waals surface area contributed by atoms with Crippen LogP contribution in [0.5, 0.6) is 0 Å². The fraction of sp³-hybridized carbons (Fsp3) is 0.893. The van der Waals surface area contributed by atoms with E-state index in [0.717, 1.165) is 25.7 Å². The molecule has 0 aromatic carbocycles. The van der Waals surface area contributed by atoms with E-state index in [1.165, 1.54) is 33.3 Å². The van der Waals surface area contributed by atoms with Crippen LogP contribution in [-0.2, 0) is 23.9 Å². The predicted molar refractivity (Wildman–Crippen MR) is 126 cm³/mol. The lowest BCUT2D eigenvalue weighted by molar-refractivity contribution is -0.192. The largest absolute Gasteiger partial charge is 0.469 e. The highest BCUT2D eigenvalue weighted by Crippen LogP contribution is 2.68. The lowest BCUT2D eigenvalue weighted by atomic mass is 9.43. The van der Waals surface area contributed by atoms with E-state index in [1.54, 1.807) is 0 Å². The molecule has 33 heavy (non-hydrogen) atoms. The molecule has 5 nitrogen and oxygen atoms in total. The minimum absolute atomic E-state index is 0.0718. The van der Waals surface area contributed by atoms with Crippen molar-refractivity contribution in [1.29, 1.82) is 0 Å². The highest BCUT2D eigenvalue weighted by Gasteiger charge is 2.66. The summed E-state index contributed by atoms with van der Waals surface area (Å²) in [5.74, 6) is 2.68. The van der Waals surface area contributed by atoms with Gasteiger partial charge in [0.15, 0.2) is 0 Å². The number of Topliss-reactive ketones (excluding diaryl/α,β-unsaturated/α-hetero) is 1. The van der Waals surface area contributed by atoms with Crippen molar-refractivity contribution in [2.24, 2.45) is 52.3 Å². The highest BCUT2D eigenvalue weighted by atomic mass is 16.5. The molecule has 0 amide bonds. The molecule has 4 aliphatic carbocycles. The number of hydrogen-bond donors (Lipinski definition) is 0. The number of rotatable bonds is 5. The Morgan fingerprint density at radius 3 is 2.52 bits per heavy atom. The quantitative estimate of drug-likeness (QED) is 0.500. The van der Waals surface area contributed by atoms with E-state index >= 15 is 0 Å². The Morgan fingerprint density at radius 1 is 1.12 bits per heavy atom. The number of methoxy groups -OCH3 is 1. The Morgan fingerprint density at radius 2 is 1.85 bits per heavy atom. The summed E-state index contributed by atoms with van der Waals surface area (Å²) in [5.41, 5.74) is -0.223. The van der Waals surface area contributed by atoms with Crippen LogP contribution in [0.3, 0.4) is 0 Å². The summed E-state index contributed by atoms with van der Waals surface area (Å²) in [7, 11) is 1.43. The number of ketones is 1. The predicted octanol–water partition coefficient (Wildman–Crippen LogP) is 5.59. The second kappa shape index (κ2) is 9.00. The molecule has 0 heterocycles. The number of carbonyl (C=O) groups excluding carboxylic acids is 3. The molecule has 0 saturated heterocycles. The summed E-state index contributed by atoms with van der Waals surface area (Å²) in [5, 5.41) is 0.